The number of nitrogens with zero attached hydrogens (tertiary/aromatic N) is 2. The summed E-state index contributed by atoms with van der Waals surface area (Å²) < 4.78 is 32.4. The lowest BCUT2D eigenvalue weighted by molar-refractivity contribution is -0.214. The number of amides is 2. The van der Waals surface area contributed by atoms with E-state index in [1.165, 1.54) is 18.4 Å². The number of rotatable bonds is 12. The average molecular weight is 986 g/mol. The van der Waals surface area contributed by atoms with Gasteiger partial charge in [0, 0.05) is 30.5 Å². The van der Waals surface area contributed by atoms with Gasteiger partial charge in [-0.1, -0.05) is 110 Å². The third kappa shape index (κ3) is 8.71. The first-order chi connectivity index (χ1) is 34.4. The Morgan fingerprint density at radius 3 is 2.25 bits per heavy atom. The Morgan fingerprint density at radius 2 is 1.58 bits per heavy atom. The maximum absolute atomic E-state index is 15.9. The highest BCUT2D eigenvalue weighted by molar-refractivity contribution is 5.96. The van der Waals surface area contributed by atoms with Crippen molar-refractivity contribution >= 4 is 29.8 Å². The summed E-state index contributed by atoms with van der Waals surface area (Å²) in [6.45, 7) is 12.5. The van der Waals surface area contributed by atoms with Gasteiger partial charge < -0.3 is 39.0 Å². The van der Waals surface area contributed by atoms with Gasteiger partial charge in [-0.15, -0.1) is 0 Å². The zero-order valence-electron chi connectivity index (χ0n) is 42.6. The summed E-state index contributed by atoms with van der Waals surface area (Å²) >= 11 is 0. The molecule has 12 unspecified atom stereocenters. The van der Waals surface area contributed by atoms with Crippen LogP contribution < -0.4 is 5.32 Å². The lowest BCUT2D eigenvalue weighted by Crippen LogP contribution is -2.70. The lowest BCUT2D eigenvalue weighted by Gasteiger charge is -2.53. The van der Waals surface area contributed by atoms with Crippen molar-refractivity contribution in [2.24, 2.45) is 22.7 Å². The number of esters is 2. The SMILES string of the molecule is CC(C)(C)OC(=O)CCC(CO)NC(=O)C1CCCN1C(=O)C12CC3OC(=O)C1N(Cc1ccc(C=C4CCC5OC5(C)CCC5C4CC5(C)C)cc1)OC2C1OC(c2ccccc2)(c2ccccc2)OC31. The fourth-order valence-electron chi connectivity index (χ4n) is 13.7. The second kappa shape index (κ2) is 18.5. The molecule has 5 heterocycles. The van der Waals surface area contributed by atoms with Crippen LogP contribution in [0.1, 0.15) is 128 Å². The molecule has 0 radical (unpaired) electrons. The molecular formula is C58H71N3O11. The van der Waals surface area contributed by atoms with Crippen LogP contribution in [0.3, 0.4) is 0 Å². The molecule has 11 rings (SSSR count). The van der Waals surface area contributed by atoms with Crippen LogP contribution in [0.5, 0.6) is 0 Å². The molecule has 5 saturated heterocycles. The molecule has 72 heavy (non-hydrogen) atoms. The van der Waals surface area contributed by atoms with Crippen molar-refractivity contribution in [2.45, 2.75) is 178 Å². The lowest BCUT2D eigenvalue weighted by atomic mass is 9.52. The van der Waals surface area contributed by atoms with E-state index in [9.17, 15) is 19.5 Å². The molecule has 3 aromatic rings. The standard InChI is InChI=1S/C58H71N3O11/c1-54(2,3)69-46(63)26-24-40(34-62)59-51(64)43-18-13-29-60(43)53(66)57-32-44-47-48(71-58(70-47,38-14-9-7-10-15-38)39-16-11-8-12-17-39)50(57)72-61(49(57)52(65)67-44)33-36-21-19-35(20-22-36)30-37-23-25-45-56(6,68-45)28-27-42-41(37)31-55(42,4)5/h7-12,14-17,19-22,30,40-45,47-50,62H,13,18,23-29,31-34H2,1-6H3,(H,59,64). The van der Waals surface area contributed by atoms with Gasteiger partial charge in [-0.3, -0.25) is 24.0 Å². The molecule has 384 valence electrons. The number of nitrogens with one attached hydrogen (secondary N) is 1. The van der Waals surface area contributed by atoms with E-state index >= 15 is 4.79 Å². The van der Waals surface area contributed by atoms with E-state index in [2.05, 4.69) is 56.4 Å². The number of epoxide rings is 1. The first-order valence-corrected chi connectivity index (χ1v) is 26.4. The predicted octanol–water partition coefficient (Wildman–Crippen LogP) is 7.54. The van der Waals surface area contributed by atoms with E-state index in [1.807, 2.05) is 60.7 Å². The zero-order chi connectivity index (χ0) is 50.4. The van der Waals surface area contributed by atoms with Crippen LogP contribution in [-0.2, 0) is 60.0 Å². The molecule has 12 atom stereocenters. The van der Waals surface area contributed by atoms with Gasteiger partial charge in [0.1, 0.15) is 41.5 Å². The third-order valence-corrected chi connectivity index (χ3v) is 17.4. The van der Waals surface area contributed by atoms with E-state index in [0.29, 0.717) is 36.2 Å². The number of aliphatic hydroxyl groups excluding tert-OH is 1. The molecule has 5 aliphatic heterocycles. The number of hydrogen-bond donors (Lipinski definition) is 2. The number of hydrogen-bond acceptors (Lipinski definition) is 12. The van der Waals surface area contributed by atoms with Gasteiger partial charge in [0.2, 0.25) is 17.6 Å². The first-order valence-electron chi connectivity index (χ1n) is 26.4. The molecule has 2 amide bonds. The third-order valence-electron chi connectivity index (χ3n) is 17.4. The van der Waals surface area contributed by atoms with Gasteiger partial charge in [-0.05, 0) is 107 Å². The highest BCUT2D eigenvalue weighted by Gasteiger charge is 2.77. The fourth-order valence-corrected chi connectivity index (χ4v) is 13.7. The van der Waals surface area contributed by atoms with Crippen molar-refractivity contribution < 1.29 is 52.8 Å². The van der Waals surface area contributed by atoms with Gasteiger partial charge >= 0.3 is 11.9 Å². The van der Waals surface area contributed by atoms with Crippen LogP contribution in [0.4, 0.5) is 0 Å². The summed E-state index contributed by atoms with van der Waals surface area (Å²) in [6, 6.07) is 24.9. The predicted molar refractivity (Wildman–Crippen MR) is 265 cm³/mol. The number of fused-ring (bicyclic) bond motifs is 6. The summed E-state index contributed by atoms with van der Waals surface area (Å²) in [5.74, 6) is -2.10. The molecule has 8 aliphatic rings. The minimum absolute atomic E-state index is 0.00701. The minimum Gasteiger partial charge on any atom is -0.460 e. The summed E-state index contributed by atoms with van der Waals surface area (Å²) in [7, 11) is 0. The Hall–Kier alpha value is -4.96. The molecule has 3 aliphatic carbocycles. The highest BCUT2D eigenvalue weighted by Crippen LogP contribution is 2.62. The van der Waals surface area contributed by atoms with Crippen molar-refractivity contribution in [2.75, 3.05) is 13.2 Å². The Balaban J connectivity index is 0.899. The first kappa shape index (κ1) is 49.3. The largest absolute Gasteiger partial charge is 0.460 e. The van der Waals surface area contributed by atoms with Gasteiger partial charge in [0.05, 0.1) is 30.9 Å². The van der Waals surface area contributed by atoms with Gasteiger partial charge in [0.15, 0.2) is 6.04 Å². The van der Waals surface area contributed by atoms with Crippen LogP contribution in [0.15, 0.2) is 90.5 Å². The van der Waals surface area contributed by atoms with Crippen LogP contribution in [-0.4, -0.2) is 112 Å². The molecule has 14 nitrogen and oxygen atoms in total. The summed E-state index contributed by atoms with van der Waals surface area (Å²) in [5, 5.41) is 14.9. The topological polar surface area (TPSA) is 166 Å². The minimum atomic E-state index is -1.53. The van der Waals surface area contributed by atoms with E-state index < -0.39 is 83.8 Å². The highest BCUT2D eigenvalue weighted by atomic mass is 16.8. The smallest absolute Gasteiger partial charge is 0.327 e. The quantitative estimate of drug-likeness (QED) is 0.136. The Bertz CT molecular complexity index is 2540. The van der Waals surface area contributed by atoms with Gasteiger partial charge in [0.25, 0.3) is 0 Å². The number of likely N-dealkylation sites (tertiary alicyclic amines) is 1. The molecule has 0 spiro atoms. The Labute approximate surface area is 423 Å². The number of ether oxygens (including phenoxy) is 5. The molecule has 3 aromatic carbocycles. The van der Waals surface area contributed by atoms with E-state index in [4.69, 9.17) is 28.5 Å². The van der Waals surface area contributed by atoms with Crippen LogP contribution in [0.25, 0.3) is 6.08 Å². The number of allylic oxidation sites excluding steroid dienone is 1. The monoisotopic (exact) mass is 986 g/mol. The fraction of sp³-hybridized carbons (Fsp3) is 0.586. The van der Waals surface area contributed by atoms with E-state index in [-0.39, 0.29) is 43.9 Å². The van der Waals surface area contributed by atoms with Gasteiger partial charge in [-0.25, -0.2) is 0 Å². The summed E-state index contributed by atoms with van der Waals surface area (Å²) in [5.41, 5.74) is 3.09. The Kier molecular flexibility index (Phi) is 12.6. The molecule has 2 bridgehead atoms. The van der Waals surface area contributed by atoms with E-state index in [1.54, 1.807) is 30.7 Å². The van der Waals surface area contributed by atoms with Crippen LogP contribution in [0.2, 0.25) is 0 Å². The number of carbonyl (C=O) groups excluding carboxylic acids is 4. The van der Waals surface area contributed by atoms with Crippen molar-refractivity contribution in [3.8, 4) is 0 Å². The van der Waals surface area contributed by atoms with Crippen molar-refractivity contribution in [3.63, 3.8) is 0 Å². The zero-order valence-corrected chi connectivity index (χ0v) is 42.6. The number of carbonyl (C=O) groups is 4. The summed E-state index contributed by atoms with van der Waals surface area (Å²) in [6.07, 6.45) is 5.82. The second-order valence-corrected chi connectivity index (χ2v) is 23.8. The number of hydroxylamine groups is 2. The molecular weight excluding hydrogens is 915 g/mol. The molecule has 2 N–H and O–H groups in total. The molecule has 14 heteroatoms. The average Bonchev–Trinajstić information content (AvgIpc) is 3.76. The maximum atomic E-state index is 15.9. The normalized spacial score (nSPS) is 35.0. The number of aliphatic hydroxyl groups is 1. The van der Waals surface area contributed by atoms with Gasteiger partial charge in [-0.2, -0.15) is 5.06 Å². The Morgan fingerprint density at radius 1 is 0.889 bits per heavy atom. The van der Waals surface area contributed by atoms with Crippen LogP contribution >= 0.6 is 0 Å². The maximum Gasteiger partial charge on any atom is 0.327 e. The summed E-state index contributed by atoms with van der Waals surface area (Å²) in [4.78, 5) is 66.2. The van der Waals surface area contributed by atoms with Crippen LogP contribution in [0, 0.1) is 22.7 Å². The second-order valence-electron chi connectivity index (χ2n) is 23.8. The molecule has 3 saturated carbocycles. The molecule has 8 fully saturated rings. The van der Waals surface area contributed by atoms with Crippen molar-refractivity contribution in [3.05, 3.63) is 113 Å². The number of benzene rings is 3. The van der Waals surface area contributed by atoms with Crippen molar-refractivity contribution in [1.29, 1.82) is 0 Å². The van der Waals surface area contributed by atoms with Crippen molar-refractivity contribution in [1.82, 2.24) is 15.3 Å². The van der Waals surface area contributed by atoms with E-state index in [0.717, 1.165) is 41.5 Å². The molecule has 0 aromatic heterocycles.